The molecule has 0 saturated carbocycles. The number of hydrogen-bond acceptors (Lipinski definition) is 8. The second-order valence-corrected chi connectivity index (χ2v) is 7.35. The van der Waals surface area contributed by atoms with Crippen molar-refractivity contribution in [3.8, 4) is 0 Å². The van der Waals surface area contributed by atoms with Crippen LogP contribution in [0.1, 0.15) is 44.9 Å². The van der Waals surface area contributed by atoms with Crippen molar-refractivity contribution in [2.75, 3.05) is 19.6 Å². The zero-order chi connectivity index (χ0) is 21.8. The molecule has 3 aliphatic rings. The predicted molar refractivity (Wildman–Crippen MR) is 155 cm³/mol. The molecule has 208 valence electrons. The molecule has 0 aromatic heterocycles. The quantitative estimate of drug-likeness (QED) is 0.205. The summed E-state index contributed by atoms with van der Waals surface area (Å²) >= 11 is 0. The molecule has 0 aromatic rings. The fourth-order valence-corrected chi connectivity index (χ4v) is 3.24. The van der Waals surface area contributed by atoms with Gasteiger partial charge in [0.15, 0.2) is 0 Å². The minimum Gasteiger partial charge on any atom is -0.480 e. The Labute approximate surface area is 235 Å². The van der Waals surface area contributed by atoms with Gasteiger partial charge in [-0.3, -0.25) is 14.4 Å². The molecule has 0 radical (unpaired) electrons. The first kappa shape index (κ1) is 44.0. The molecule has 0 bridgehead atoms. The number of aliphatic carboxylic acids is 3. The Morgan fingerprint density at radius 3 is 1.44 bits per heavy atom. The van der Waals surface area contributed by atoms with Crippen LogP contribution >= 0.6 is 67.5 Å². The number of carboxylic acid groups (broad SMARTS) is 3. The lowest BCUT2D eigenvalue weighted by molar-refractivity contribution is -0.143. The number of aliphatic hydroxyl groups excluding tert-OH is 2. The molecule has 3 rings (SSSR count). The van der Waals surface area contributed by atoms with E-state index >= 15 is 0 Å². The van der Waals surface area contributed by atoms with Crippen molar-refractivity contribution < 1.29 is 39.9 Å². The van der Waals surface area contributed by atoms with Gasteiger partial charge in [-0.25, -0.2) is 0 Å². The molecule has 0 aromatic carbocycles. The van der Waals surface area contributed by atoms with Crippen molar-refractivity contribution >= 4 is 85.4 Å². The Morgan fingerprint density at radius 1 is 0.588 bits per heavy atom. The first-order chi connectivity index (χ1) is 13.7. The third-order valence-corrected chi connectivity index (χ3v) is 4.99. The number of piperidine rings is 3. The van der Waals surface area contributed by atoms with Crippen molar-refractivity contribution in [3.63, 3.8) is 0 Å². The van der Waals surface area contributed by atoms with E-state index in [9.17, 15) is 14.4 Å². The van der Waals surface area contributed by atoms with Crippen LogP contribution in [-0.4, -0.2) is 93.4 Å². The second-order valence-electron chi connectivity index (χ2n) is 7.35. The fourth-order valence-electron chi connectivity index (χ4n) is 3.24. The van der Waals surface area contributed by atoms with E-state index in [0.29, 0.717) is 32.4 Å². The summed E-state index contributed by atoms with van der Waals surface area (Å²) in [5.41, 5.74) is 0. The van der Waals surface area contributed by atoms with E-state index in [0.717, 1.165) is 32.2 Å². The topological polar surface area (TPSA) is 188 Å². The van der Waals surface area contributed by atoms with Gasteiger partial charge < -0.3 is 41.5 Å². The lowest BCUT2D eigenvalue weighted by Gasteiger charge is -2.24. The molecule has 0 spiro atoms. The molecule has 11 nitrogen and oxygen atoms in total. The highest BCUT2D eigenvalue weighted by atomic mass is 32.1. The van der Waals surface area contributed by atoms with Gasteiger partial charge in [0.1, 0.15) is 18.1 Å². The number of nitrogens with one attached hydrogen (secondary N) is 3. The molecule has 3 fully saturated rings. The summed E-state index contributed by atoms with van der Waals surface area (Å²) < 4.78 is 0. The van der Waals surface area contributed by atoms with E-state index < -0.39 is 36.1 Å². The van der Waals surface area contributed by atoms with Gasteiger partial charge in [0.25, 0.3) is 0 Å². The van der Waals surface area contributed by atoms with Crippen molar-refractivity contribution in [1.82, 2.24) is 16.0 Å². The lowest BCUT2D eigenvalue weighted by atomic mass is 10.0. The molecule has 0 amide bonds. The summed E-state index contributed by atoms with van der Waals surface area (Å²) in [6.07, 6.45) is 4.42. The summed E-state index contributed by atoms with van der Waals surface area (Å²) in [6.45, 7) is 1.95. The van der Waals surface area contributed by atoms with Gasteiger partial charge in [-0.1, -0.05) is 6.42 Å². The Kier molecular flexibility index (Phi) is 31.9. The summed E-state index contributed by atoms with van der Waals surface area (Å²) in [5, 5.41) is 51.8. The normalized spacial score (nSPS) is 27.2. The first-order valence-corrected chi connectivity index (χ1v) is 9.97. The Balaban J connectivity index is -0.000000115. The van der Waals surface area contributed by atoms with Gasteiger partial charge in [-0.15, -0.1) is 0 Å². The maximum absolute atomic E-state index is 10.3. The molecule has 0 unspecified atom stereocenters. The van der Waals surface area contributed by atoms with Crippen molar-refractivity contribution in [1.29, 1.82) is 0 Å². The summed E-state index contributed by atoms with van der Waals surface area (Å²) in [6, 6.07) is -1.49. The van der Waals surface area contributed by atoms with Crippen LogP contribution in [0.25, 0.3) is 0 Å². The summed E-state index contributed by atoms with van der Waals surface area (Å²) in [5.74, 6) is -2.51. The third kappa shape index (κ3) is 18.3. The van der Waals surface area contributed by atoms with Crippen molar-refractivity contribution in [2.24, 2.45) is 0 Å². The molecular weight excluding hydrogens is 547 g/mol. The summed E-state index contributed by atoms with van der Waals surface area (Å²) in [7, 11) is 0. The van der Waals surface area contributed by atoms with Crippen LogP contribution in [0.3, 0.4) is 0 Å². The van der Waals surface area contributed by atoms with Crippen LogP contribution in [0.2, 0.25) is 0 Å². The molecule has 16 heteroatoms. The average Bonchev–Trinajstić information content (AvgIpc) is 2.70. The third-order valence-electron chi connectivity index (χ3n) is 4.99. The van der Waals surface area contributed by atoms with Gasteiger partial charge >= 0.3 is 17.9 Å². The van der Waals surface area contributed by atoms with Gasteiger partial charge in [0, 0.05) is 6.54 Å². The number of aliphatic hydroxyl groups is 2. The van der Waals surface area contributed by atoms with Crippen molar-refractivity contribution in [3.05, 3.63) is 0 Å². The summed E-state index contributed by atoms with van der Waals surface area (Å²) in [4.78, 5) is 31.0. The minimum atomic E-state index is -0.966. The highest BCUT2D eigenvalue weighted by Crippen LogP contribution is 2.08. The standard InChI is InChI=1S/2C6H11NO3.C6H11NO2.5H2S/c8-4-1-2-5(6(9)10)7-3-4;8-4-2-1-3-7-5(4)6(9)10;8-6(9)5-3-1-2-4-7-5;;;;;/h2*4-5,7-8H,1-3H2,(H,9,10);5,7H,1-4H2,(H,8,9);5*1H2/t4-,5-;4-,5+;5-;;;;;/m010...../s1. The zero-order valence-electron chi connectivity index (χ0n) is 18.9. The number of carbonyl (C=O) groups is 3. The van der Waals surface area contributed by atoms with E-state index in [1.54, 1.807) is 0 Å². The molecule has 0 aliphatic carbocycles. The molecular formula is C18H43N3O8S5. The number of carboxylic acids is 3. The van der Waals surface area contributed by atoms with Crippen LogP contribution in [0.15, 0.2) is 0 Å². The second kappa shape index (κ2) is 24.6. The number of β-amino-alcohol motifs (C(OH)–C–C–N with tert-alkyl or cyclic N) is 1. The molecule has 3 aliphatic heterocycles. The van der Waals surface area contributed by atoms with Crippen molar-refractivity contribution in [2.45, 2.75) is 75.3 Å². The minimum absolute atomic E-state index is 0. The molecule has 3 saturated heterocycles. The highest BCUT2D eigenvalue weighted by molar-refractivity contribution is 7.60. The first-order valence-electron chi connectivity index (χ1n) is 9.97. The van der Waals surface area contributed by atoms with E-state index in [4.69, 9.17) is 25.5 Å². The largest absolute Gasteiger partial charge is 0.480 e. The molecule has 3 heterocycles. The maximum Gasteiger partial charge on any atom is 0.323 e. The van der Waals surface area contributed by atoms with Gasteiger partial charge in [-0.05, 0) is 51.6 Å². The SMILES string of the molecule is O=C(O)[C@@H]1CCCCN1.O=C(O)[C@@H]1CC[C@H](O)CN1.O=C(O)[C@H]1NCCC[C@H]1O.S.S.S.S.S. The van der Waals surface area contributed by atoms with E-state index in [1.807, 2.05) is 0 Å². The maximum atomic E-state index is 10.3. The van der Waals surface area contributed by atoms with Gasteiger partial charge in [-0.2, -0.15) is 67.5 Å². The Morgan fingerprint density at radius 2 is 1.12 bits per heavy atom. The van der Waals surface area contributed by atoms with Crippen LogP contribution in [0, 0.1) is 0 Å². The van der Waals surface area contributed by atoms with Crippen LogP contribution in [0.5, 0.6) is 0 Å². The van der Waals surface area contributed by atoms with Gasteiger partial charge in [0.05, 0.1) is 12.2 Å². The molecule has 34 heavy (non-hydrogen) atoms. The predicted octanol–water partition coefficient (Wildman–Crippen LogP) is -0.855. The molecule has 8 N–H and O–H groups in total. The lowest BCUT2D eigenvalue weighted by Crippen LogP contribution is -2.49. The van der Waals surface area contributed by atoms with Crippen LogP contribution < -0.4 is 16.0 Å². The van der Waals surface area contributed by atoms with Gasteiger partial charge in [0.2, 0.25) is 0 Å². The highest BCUT2D eigenvalue weighted by Gasteiger charge is 2.28. The van der Waals surface area contributed by atoms with Crippen LogP contribution in [-0.2, 0) is 14.4 Å². The Bertz CT molecular complexity index is 540. The smallest absolute Gasteiger partial charge is 0.323 e. The number of hydrogen-bond donors (Lipinski definition) is 8. The van der Waals surface area contributed by atoms with E-state index in [1.165, 1.54) is 0 Å². The number of rotatable bonds is 3. The molecule has 5 atom stereocenters. The average molecular weight is 590 g/mol. The van der Waals surface area contributed by atoms with E-state index in [2.05, 4.69) is 16.0 Å². The van der Waals surface area contributed by atoms with E-state index in [-0.39, 0.29) is 79.6 Å². The van der Waals surface area contributed by atoms with Crippen LogP contribution in [0.4, 0.5) is 0 Å². The monoisotopic (exact) mass is 589 g/mol. The zero-order valence-corrected chi connectivity index (χ0v) is 23.9. The Hall–Kier alpha value is -0.0400. The fraction of sp³-hybridized carbons (Fsp3) is 0.833.